The monoisotopic (exact) mass is 212 g/mol. The highest BCUT2D eigenvalue weighted by Gasteiger charge is 2.23. The molecule has 1 rings (SSSR count). The molecule has 0 heterocycles. The molecule has 1 aromatic rings. The van der Waals surface area contributed by atoms with E-state index in [4.69, 9.17) is 5.73 Å². The molecule has 3 nitrogen and oxygen atoms in total. The molecule has 0 spiro atoms. The normalized spacial score (nSPS) is 13.7. The van der Waals surface area contributed by atoms with Crippen molar-refractivity contribution in [2.45, 2.75) is 32.4 Å². The van der Waals surface area contributed by atoms with E-state index in [1.54, 1.807) is 13.0 Å². The van der Waals surface area contributed by atoms with E-state index >= 15 is 0 Å². The first kappa shape index (κ1) is 11.8. The van der Waals surface area contributed by atoms with Crippen molar-refractivity contribution in [3.8, 4) is 0 Å². The standard InChI is InChI=1S/C11H17FN2O/c1-7(15)11(2,3)14-10-5-8(12)4-9(13)6-10/h4-7,14-15H,13H2,1-3H3. The number of nitrogen functional groups attached to an aromatic ring is 1. The van der Waals surface area contributed by atoms with Crippen molar-refractivity contribution in [3.63, 3.8) is 0 Å². The smallest absolute Gasteiger partial charge is 0.127 e. The topological polar surface area (TPSA) is 58.3 Å². The highest BCUT2D eigenvalue weighted by Crippen LogP contribution is 2.21. The van der Waals surface area contributed by atoms with Gasteiger partial charge in [-0.2, -0.15) is 0 Å². The molecule has 0 aliphatic heterocycles. The summed E-state index contributed by atoms with van der Waals surface area (Å²) in [5.74, 6) is -0.390. The maximum atomic E-state index is 13.0. The van der Waals surface area contributed by atoms with E-state index in [0.717, 1.165) is 0 Å². The van der Waals surface area contributed by atoms with Gasteiger partial charge in [-0.1, -0.05) is 0 Å². The fourth-order valence-corrected chi connectivity index (χ4v) is 1.16. The number of hydrogen-bond acceptors (Lipinski definition) is 3. The quantitative estimate of drug-likeness (QED) is 0.671. The van der Waals surface area contributed by atoms with Crippen molar-refractivity contribution < 1.29 is 9.50 Å². The van der Waals surface area contributed by atoms with Crippen LogP contribution in [0.4, 0.5) is 15.8 Å². The van der Waals surface area contributed by atoms with Crippen molar-refractivity contribution in [3.05, 3.63) is 24.0 Å². The predicted octanol–water partition coefficient (Wildman–Crippen LogP) is 1.98. The fraction of sp³-hybridized carbons (Fsp3) is 0.455. The van der Waals surface area contributed by atoms with Crippen LogP contribution in [0.1, 0.15) is 20.8 Å². The van der Waals surface area contributed by atoms with Gasteiger partial charge in [-0.3, -0.25) is 0 Å². The van der Waals surface area contributed by atoms with E-state index in [9.17, 15) is 9.50 Å². The number of aliphatic hydroxyl groups is 1. The van der Waals surface area contributed by atoms with Crippen LogP contribution in [-0.2, 0) is 0 Å². The third-order valence-electron chi connectivity index (χ3n) is 2.43. The molecular formula is C11H17FN2O. The Kier molecular flexibility index (Phi) is 3.19. The molecule has 1 atom stereocenters. The van der Waals surface area contributed by atoms with Gasteiger partial charge in [0.05, 0.1) is 11.6 Å². The van der Waals surface area contributed by atoms with Gasteiger partial charge >= 0.3 is 0 Å². The Morgan fingerprint density at radius 1 is 1.40 bits per heavy atom. The lowest BCUT2D eigenvalue weighted by Gasteiger charge is -2.30. The zero-order chi connectivity index (χ0) is 11.6. The molecule has 0 amide bonds. The van der Waals surface area contributed by atoms with Crippen LogP contribution in [0.15, 0.2) is 18.2 Å². The van der Waals surface area contributed by atoms with E-state index < -0.39 is 11.6 Å². The van der Waals surface area contributed by atoms with Gasteiger partial charge in [-0.05, 0) is 39.0 Å². The van der Waals surface area contributed by atoms with Crippen molar-refractivity contribution in [2.24, 2.45) is 0 Å². The van der Waals surface area contributed by atoms with E-state index in [2.05, 4.69) is 5.32 Å². The van der Waals surface area contributed by atoms with Crippen LogP contribution >= 0.6 is 0 Å². The lowest BCUT2D eigenvalue weighted by atomic mass is 9.98. The minimum Gasteiger partial charge on any atom is -0.399 e. The molecule has 0 saturated heterocycles. The number of aliphatic hydroxyl groups excluding tert-OH is 1. The molecule has 1 unspecified atom stereocenters. The Morgan fingerprint density at radius 2 is 2.00 bits per heavy atom. The molecular weight excluding hydrogens is 195 g/mol. The largest absolute Gasteiger partial charge is 0.399 e. The van der Waals surface area contributed by atoms with E-state index in [1.165, 1.54) is 12.1 Å². The van der Waals surface area contributed by atoms with E-state index in [1.807, 2.05) is 13.8 Å². The van der Waals surface area contributed by atoms with Gasteiger partial charge < -0.3 is 16.2 Å². The number of halogens is 1. The molecule has 0 saturated carbocycles. The van der Waals surface area contributed by atoms with Crippen LogP contribution in [0.3, 0.4) is 0 Å². The number of benzene rings is 1. The molecule has 0 aliphatic rings. The molecule has 1 aromatic carbocycles. The summed E-state index contributed by atoms with van der Waals surface area (Å²) in [4.78, 5) is 0. The summed E-state index contributed by atoms with van der Waals surface area (Å²) < 4.78 is 13.0. The Labute approximate surface area is 89.1 Å². The van der Waals surface area contributed by atoms with Crippen molar-refractivity contribution in [2.75, 3.05) is 11.1 Å². The molecule has 0 aliphatic carbocycles. The number of rotatable bonds is 3. The van der Waals surface area contributed by atoms with Crippen LogP contribution in [0.5, 0.6) is 0 Å². The minimum absolute atomic E-state index is 0.360. The van der Waals surface area contributed by atoms with Crippen LogP contribution in [0, 0.1) is 5.82 Å². The van der Waals surface area contributed by atoms with Gasteiger partial charge in [0.2, 0.25) is 0 Å². The van der Waals surface area contributed by atoms with Crippen LogP contribution < -0.4 is 11.1 Å². The molecule has 84 valence electrons. The summed E-state index contributed by atoms with van der Waals surface area (Å²) in [5.41, 5.74) is 5.91. The first-order valence-electron chi connectivity index (χ1n) is 4.83. The number of nitrogens with two attached hydrogens (primary N) is 1. The highest BCUT2D eigenvalue weighted by molar-refractivity contribution is 5.55. The van der Waals surface area contributed by atoms with Crippen molar-refractivity contribution >= 4 is 11.4 Å². The van der Waals surface area contributed by atoms with Gasteiger partial charge in [0.15, 0.2) is 0 Å². The summed E-state index contributed by atoms with van der Waals surface area (Å²) in [6, 6.07) is 4.23. The van der Waals surface area contributed by atoms with Crippen LogP contribution in [0.2, 0.25) is 0 Å². The average Bonchev–Trinajstić information content (AvgIpc) is 1.99. The fourth-order valence-electron chi connectivity index (χ4n) is 1.16. The third-order valence-corrected chi connectivity index (χ3v) is 2.43. The van der Waals surface area contributed by atoms with Gasteiger partial charge in [0.25, 0.3) is 0 Å². The van der Waals surface area contributed by atoms with Crippen LogP contribution in [-0.4, -0.2) is 16.7 Å². The van der Waals surface area contributed by atoms with Gasteiger partial charge in [-0.15, -0.1) is 0 Å². The van der Waals surface area contributed by atoms with Gasteiger partial charge in [-0.25, -0.2) is 4.39 Å². The summed E-state index contributed by atoms with van der Waals surface area (Å²) in [6.45, 7) is 5.34. The minimum atomic E-state index is -0.554. The molecule has 15 heavy (non-hydrogen) atoms. The molecule has 0 bridgehead atoms. The average molecular weight is 212 g/mol. The van der Waals surface area contributed by atoms with Crippen LogP contribution in [0.25, 0.3) is 0 Å². The second kappa shape index (κ2) is 4.06. The second-order valence-corrected chi connectivity index (χ2v) is 4.30. The predicted molar refractivity (Wildman–Crippen MR) is 60.2 cm³/mol. The number of anilines is 2. The summed E-state index contributed by atoms with van der Waals surface area (Å²) in [7, 11) is 0. The summed E-state index contributed by atoms with van der Waals surface area (Å²) >= 11 is 0. The molecule has 0 radical (unpaired) electrons. The van der Waals surface area contributed by atoms with Gasteiger partial charge in [0.1, 0.15) is 5.82 Å². The maximum Gasteiger partial charge on any atom is 0.127 e. The lowest BCUT2D eigenvalue weighted by Crippen LogP contribution is -2.41. The number of nitrogens with one attached hydrogen (secondary N) is 1. The molecule has 0 aromatic heterocycles. The first-order chi connectivity index (χ1) is 6.81. The summed E-state index contributed by atoms with van der Waals surface area (Å²) in [5, 5.41) is 12.5. The maximum absolute atomic E-state index is 13.0. The third kappa shape index (κ3) is 3.09. The Hall–Kier alpha value is -1.29. The zero-order valence-corrected chi connectivity index (χ0v) is 9.21. The Bertz CT molecular complexity index is 330. The van der Waals surface area contributed by atoms with E-state index in [-0.39, 0.29) is 5.82 Å². The van der Waals surface area contributed by atoms with E-state index in [0.29, 0.717) is 11.4 Å². The molecule has 4 heteroatoms. The highest BCUT2D eigenvalue weighted by atomic mass is 19.1. The number of hydrogen-bond donors (Lipinski definition) is 3. The lowest BCUT2D eigenvalue weighted by molar-refractivity contribution is 0.133. The SMILES string of the molecule is CC(O)C(C)(C)Nc1cc(N)cc(F)c1. The zero-order valence-electron chi connectivity index (χ0n) is 9.21. The molecule has 0 fully saturated rings. The van der Waals surface area contributed by atoms with Crippen molar-refractivity contribution in [1.29, 1.82) is 0 Å². The first-order valence-corrected chi connectivity index (χ1v) is 4.83. The van der Waals surface area contributed by atoms with Gasteiger partial charge in [0, 0.05) is 11.4 Å². The summed E-state index contributed by atoms with van der Waals surface area (Å²) in [6.07, 6.45) is -0.554. The Morgan fingerprint density at radius 3 is 2.47 bits per heavy atom. The van der Waals surface area contributed by atoms with Crippen molar-refractivity contribution in [1.82, 2.24) is 0 Å². The Balaban J connectivity index is 2.89. The molecule has 4 N–H and O–H groups in total. The second-order valence-electron chi connectivity index (χ2n) is 4.30.